The van der Waals surface area contributed by atoms with E-state index in [4.69, 9.17) is 4.74 Å². The maximum absolute atomic E-state index is 13.2. The number of methoxy groups -OCH3 is 1. The smallest absolute Gasteiger partial charge is 0.123 e. The summed E-state index contributed by atoms with van der Waals surface area (Å²) in [6, 6.07) is 12.8. The van der Waals surface area contributed by atoms with Gasteiger partial charge in [-0.15, -0.1) is 0 Å². The van der Waals surface area contributed by atoms with E-state index in [1.54, 1.807) is 19.2 Å². The van der Waals surface area contributed by atoms with Crippen LogP contribution in [0.15, 0.2) is 42.5 Å². The van der Waals surface area contributed by atoms with Crippen molar-refractivity contribution in [1.29, 1.82) is 0 Å². The van der Waals surface area contributed by atoms with Gasteiger partial charge in [-0.1, -0.05) is 45.8 Å². The fourth-order valence-corrected chi connectivity index (χ4v) is 2.81. The minimum atomic E-state index is -0.201. The summed E-state index contributed by atoms with van der Waals surface area (Å²) in [5.74, 6) is 0.650. The topological polar surface area (TPSA) is 9.23 Å². The number of alkyl halides is 1. The summed E-state index contributed by atoms with van der Waals surface area (Å²) in [4.78, 5) is 0.101. The van der Waals surface area contributed by atoms with Crippen molar-refractivity contribution in [3.63, 3.8) is 0 Å². The minimum absolute atomic E-state index is 0.101. The first-order valence-corrected chi connectivity index (χ1v) is 7.05. The van der Waals surface area contributed by atoms with E-state index in [1.165, 1.54) is 11.6 Å². The number of halogens is 2. The Morgan fingerprint density at radius 2 is 2.00 bits per heavy atom. The number of aryl methyl sites for hydroxylation is 1. The summed E-state index contributed by atoms with van der Waals surface area (Å²) in [7, 11) is 1.66. The molecular weight excluding hydrogens is 307 g/mol. The number of rotatable bonds is 4. The van der Waals surface area contributed by atoms with Gasteiger partial charge in [-0.3, -0.25) is 0 Å². The first-order chi connectivity index (χ1) is 9.10. The summed E-state index contributed by atoms with van der Waals surface area (Å²) in [5.41, 5.74) is 3.23. The third-order valence-corrected chi connectivity index (χ3v) is 3.84. The molecule has 2 aromatic carbocycles. The quantitative estimate of drug-likeness (QED) is 0.733. The van der Waals surface area contributed by atoms with Crippen LogP contribution in [0.4, 0.5) is 4.39 Å². The molecule has 2 aromatic rings. The van der Waals surface area contributed by atoms with Crippen molar-refractivity contribution < 1.29 is 9.13 Å². The normalized spacial score (nSPS) is 12.2. The lowest BCUT2D eigenvalue weighted by molar-refractivity contribution is 0.409. The molecule has 19 heavy (non-hydrogen) atoms. The van der Waals surface area contributed by atoms with Gasteiger partial charge in [0.05, 0.1) is 7.11 Å². The summed E-state index contributed by atoms with van der Waals surface area (Å²) >= 11 is 3.67. The van der Waals surface area contributed by atoms with Gasteiger partial charge in [-0.2, -0.15) is 0 Å². The predicted octanol–water partition coefficient (Wildman–Crippen LogP) is 4.82. The predicted molar refractivity (Wildman–Crippen MR) is 79.5 cm³/mol. The Morgan fingerprint density at radius 1 is 1.21 bits per heavy atom. The SMILES string of the molecule is COc1ccc(C)cc1C(Br)Cc1cccc(F)c1. The van der Waals surface area contributed by atoms with Crippen molar-refractivity contribution in [2.24, 2.45) is 0 Å². The van der Waals surface area contributed by atoms with Gasteiger partial charge in [0.25, 0.3) is 0 Å². The molecule has 0 radical (unpaired) electrons. The summed E-state index contributed by atoms with van der Waals surface area (Å²) < 4.78 is 18.6. The van der Waals surface area contributed by atoms with E-state index >= 15 is 0 Å². The molecule has 1 nitrogen and oxygen atoms in total. The molecule has 0 saturated heterocycles. The third-order valence-electron chi connectivity index (χ3n) is 3.03. The molecule has 0 aliphatic heterocycles. The lowest BCUT2D eigenvalue weighted by Crippen LogP contribution is -1.99. The lowest BCUT2D eigenvalue weighted by Gasteiger charge is -2.15. The van der Waals surface area contributed by atoms with E-state index in [0.29, 0.717) is 0 Å². The van der Waals surface area contributed by atoms with Crippen LogP contribution in [-0.4, -0.2) is 7.11 Å². The monoisotopic (exact) mass is 322 g/mol. The van der Waals surface area contributed by atoms with Crippen molar-refractivity contribution in [3.05, 3.63) is 65.0 Å². The summed E-state index contributed by atoms with van der Waals surface area (Å²) in [5, 5.41) is 0. The third kappa shape index (κ3) is 3.57. The van der Waals surface area contributed by atoms with Gasteiger partial charge < -0.3 is 4.74 Å². The van der Waals surface area contributed by atoms with Crippen LogP contribution in [0.25, 0.3) is 0 Å². The fraction of sp³-hybridized carbons (Fsp3) is 0.250. The zero-order valence-electron chi connectivity index (χ0n) is 11.0. The van der Waals surface area contributed by atoms with Crippen LogP contribution < -0.4 is 4.74 Å². The van der Waals surface area contributed by atoms with Gasteiger partial charge in [-0.05, 0) is 37.1 Å². The average Bonchev–Trinajstić information content (AvgIpc) is 2.38. The van der Waals surface area contributed by atoms with Crippen LogP contribution >= 0.6 is 15.9 Å². The molecule has 2 rings (SSSR count). The molecule has 0 aromatic heterocycles. The Labute approximate surface area is 121 Å². The molecule has 0 spiro atoms. The van der Waals surface area contributed by atoms with Gasteiger partial charge in [-0.25, -0.2) is 4.39 Å². The molecule has 100 valence electrons. The Kier molecular flexibility index (Phi) is 4.59. The largest absolute Gasteiger partial charge is 0.496 e. The molecule has 3 heteroatoms. The maximum atomic E-state index is 13.2. The Hall–Kier alpha value is -1.35. The summed E-state index contributed by atoms with van der Waals surface area (Å²) in [6.07, 6.45) is 0.720. The second-order valence-electron chi connectivity index (χ2n) is 4.55. The van der Waals surface area contributed by atoms with Gasteiger partial charge >= 0.3 is 0 Å². The standard InChI is InChI=1S/C16H16BrFO/c1-11-6-7-16(19-2)14(8-11)15(17)10-12-4-3-5-13(18)9-12/h3-9,15H,10H2,1-2H3. The zero-order valence-corrected chi connectivity index (χ0v) is 12.6. The second kappa shape index (κ2) is 6.20. The van der Waals surface area contributed by atoms with E-state index in [0.717, 1.165) is 23.3 Å². The average molecular weight is 323 g/mol. The molecule has 0 fully saturated rings. The molecule has 0 bridgehead atoms. The van der Waals surface area contributed by atoms with Gasteiger partial charge in [0, 0.05) is 10.4 Å². The van der Waals surface area contributed by atoms with Crippen molar-refractivity contribution in [1.82, 2.24) is 0 Å². The number of benzene rings is 2. The Bertz CT molecular complexity index is 568. The molecule has 1 atom stereocenters. The number of hydrogen-bond donors (Lipinski definition) is 0. The van der Waals surface area contributed by atoms with E-state index < -0.39 is 0 Å². The lowest BCUT2D eigenvalue weighted by atomic mass is 10.0. The van der Waals surface area contributed by atoms with Crippen LogP contribution in [0.1, 0.15) is 21.5 Å². The highest BCUT2D eigenvalue weighted by atomic mass is 79.9. The van der Waals surface area contributed by atoms with Crippen molar-refractivity contribution in [2.75, 3.05) is 7.11 Å². The van der Waals surface area contributed by atoms with Crippen LogP contribution in [0, 0.1) is 12.7 Å². The number of hydrogen-bond acceptors (Lipinski definition) is 1. The fourth-order valence-electron chi connectivity index (χ4n) is 2.08. The minimum Gasteiger partial charge on any atom is -0.496 e. The molecule has 0 heterocycles. The van der Waals surface area contributed by atoms with Crippen molar-refractivity contribution >= 4 is 15.9 Å². The Balaban J connectivity index is 2.24. The van der Waals surface area contributed by atoms with Gasteiger partial charge in [0.2, 0.25) is 0 Å². The first-order valence-electron chi connectivity index (χ1n) is 6.13. The second-order valence-corrected chi connectivity index (χ2v) is 5.65. The van der Waals surface area contributed by atoms with E-state index in [2.05, 4.69) is 22.0 Å². The van der Waals surface area contributed by atoms with Gasteiger partial charge in [0.15, 0.2) is 0 Å². The molecule has 0 N–H and O–H groups in total. The van der Waals surface area contributed by atoms with Crippen LogP contribution in [-0.2, 0) is 6.42 Å². The van der Waals surface area contributed by atoms with E-state index in [1.807, 2.05) is 25.1 Å². The highest BCUT2D eigenvalue weighted by molar-refractivity contribution is 9.09. The first kappa shape index (κ1) is 14.1. The molecule has 0 aliphatic rings. The molecule has 0 amide bonds. The molecular formula is C16H16BrFO. The van der Waals surface area contributed by atoms with E-state index in [-0.39, 0.29) is 10.6 Å². The Morgan fingerprint density at radius 3 is 2.68 bits per heavy atom. The molecule has 1 unspecified atom stereocenters. The number of ether oxygens (including phenoxy) is 1. The van der Waals surface area contributed by atoms with Crippen LogP contribution in [0.3, 0.4) is 0 Å². The van der Waals surface area contributed by atoms with Gasteiger partial charge in [0.1, 0.15) is 11.6 Å². The highest BCUT2D eigenvalue weighted by Crippen LogP contribution is 2.34. The van der Waals surface area contributed by atoms with E-state index in [9.17, 15) is 4.39 Å². The van der Waals surface area contributed by atoms with Crippen LogP contribution in [0.5, 0.6) is 5.75 Å². The maximum Gasteiger partial charge on any atom is 0.123 e. The molecule has 0 aliphatic carbocycles. The highest BCUT2D eigenvalue weighted by Gasteiger charge is 2.14. The van der Waals surface area contributed by atoms with Crippen LogP contribution in [0.2, 0.25) is 0 Å². The molecule has 0 saturated carbocycles. The zero-order chi connectivity index (χ0) is 13.8. The van der Waals surface area contributed by atoms with Crippen molar-refractivity contribution in [3.8, 4) is 5.75 Å². The summed E-state index contributed by atoms with van der Waals surface area (Å²) in [6.45, 7) is 2.05. The van der Waals surface area contributed by atoms with Crippen molar-refractivity contribution in [2.45, 2.75) is 18.2 Å².